The van der Waals surface area contributed by atoms with Gasteiger partial charge in [0.2, 0.25) is 5.91 Å². The summed E-state index contributed by atoms with van der Waals surface area (Å²) >= 11 is 0. The third-order valence-electron chi connectivity index (χ3n) is 3.40. The standard InChI is InChI=1S/C11H21N3O/c1-14-7-6-12-10(8-14)11(15)13-9-4-2-3-5-9/h9-10,12H,2-8H2,1H3,(H,13,15). The van der Waals surface area contributed by atoms with Crippen LogP contribution in [-0.4, -0.2) is 49.6 Å². The lowest BCUT2D eigenvalue weighted by Crippen LogP contribution is -2.57. The Hall–Kier alpha value is -0.610. The average Bonchev–Trinajstić information content (AvgIpc) is 2.70. The summed E-state index contributed by atoms with van der Waals surface area (Å²) in [7, 11) is 2.07. The molecule has 0 spiro atoms. The van der Waals surface area contributed by atoms with Crippen molar-refractivity contribution in [2.24, 2.45) is 0 Å². The zero-order valence-corrected chi connectivity index (χ0v) is 9.46. The number of hydrogen-bond acceptors (Lipinski definition) is 3. The van der Waals surface area contributed by atoms with Gasteiger partial charge in [0.1, 0.15) is 0 Å². The van der Waals surface area contributed by atoms with Crippen LogP contribution >= 0.6 is 0 Å². The van der Waals surface area contributed by atoms with Gasteiger partial charge in [0.25, 0.3) is 0 Å². The lowest BCUT2D eigenvalue weighted by molar-refractivity contribution is -0.124. The first kappa shape index (κ1) is 10.9. The van der Waals surface area contributed by atoms with Gasteiger partial charge in [-0.05, 0) is 19.9 Å². The number of carbonyl (C=O) groups excluding carboxylic acids is 1. The van der Waals surface area contributed by atoms with E-state index in [0.29, 0.717) is 6.04 Å². The summed E-state index contributed by atoms with van der Waals surface area (Å²) in [4.78, 5) is 14.1. The van der Waals surface area contributed by atoms with E-state index in [9.17, 15) is 4.79 Å². The van der Waals surface area contributed by atoms with Crippen LogP contribution in [0.15, 0.2) is 0 Å². The third-order valence-corrected chi connectivity index (χ3v) is 3.40. The van der Waals surface area contributed by atoms with Crippen molar-refractivity contribution < 1.29 is 4.79 Å². The highest BCUT2D eigenvalue weighted by molar-refractivity contribution is 5.82. The topological polar surface area (TPSA) is 44.4 Å². The van der Waals surface area contributed by atoms with Crippen molar-refractivity contribution in [3.8, 4) is 0 Å². The molecule has 0 aromatic rings. The molecule has 2 N–H and O–H groups in total. The van der Waals surface area contributed by atoms with E-state index < -0.39 is 0 Å². The van der Waals surface area contributed by atoms with Crippen LogP contribution in [0.4, 0.5) is 0 Å². The molecule has 0 aromatic carbocycles. The molecule has 1 aliphatic heterocycles. The molecule has 1 saturated carbocycles. The van der Waals surface area contributed by atoms with Gasteiger partial charge in [-0.15, -0.1) is 0 Å². The van der Waals surface area contributed by atoms with E-state index >= 15 is 0 Å². The highest BCUT2D eigenvalue weighted by atomic mass is 16.2. The summed E-state index contributed by atoms with van der Waals surface area (Å²) in [6, 6.07) is 0.427. The van der Waals surface area contributed by atoms with E-state index in [1.165, 1.54) is 12.8 Å². The van der Waals surface area contributed by atoms with Crippen molar-refractivity contribution in [3.05, 3.63) is 0 Å². The molecule has 0 radical (unpaired) electrons. The van der Waals surface area contributed by atoms with Gasteiger partial charge in [-0.2, -0.15) is 0 Å². The average molecular weight is 211 g/mol. The number of hydrogen-bond donors (Lipinski definition) is 2. The summed E-state index contributed by atoms with van der Waals surface area (Å²) in [5.41, 5.74) is 0. The molecule has 1 amide bonds. The van der Waals surface area contributed by atoms with E-state index in [4.69, 9.17) is 0 Å². The first-order valence-corrected chi connectivity index (χ1v) is 5.98. The molecule has 1 atom stereocenters. The van der Waals surface area contributed by atoms with Crippen LogP contribution in [-0.2, 0) is 4.79 Å². The Kier molecular flexibility index (Phi) is 3.59. The Bertz CT molecular complexity index is 226. The molecule has 1 heterocycles. The largest absolute Gasteiger partial charge is 0.352 e. The highest BCUT2D eigenvalue weighted by Crippen LogP contribution is 2.17. The first-order valence-electron chi connectivity index (χ1n) is 5.98. The fourth-order valence-electron chi connectivity index (χ4n) is 2.44. The van der Waals surface area contributed by atoms with Gasteiger partial charge in [-0.3, -0.25) is 4.79 Å². The van der Waals surface area contributed by atoms with Crippen molar-refractivity contribution >= 4 is 5.91 Å². The molecule has 1 unspecified atom stereocenters. The first-order chi connectivity index (χ1) is 7.25. The second-order valence-electron chi connectivity index (χ2n) is 4.76. The van der Waals surface area contributed by atoms with Crippen molar-refractivity contribution in [3.63, 3.8) is 0 Å². The number of amides is 1. The van der Waals surface area contributed by atoms with E-state index in [1.54, 1.807) is 0 Å². The predicted molar refractivity (Wildman–Crippen MR) is 59.7 cm³/mol. The van der Waals surface area contributed by atoms with Crippen molar-refractivity contribution in [1.29, 1.82) is 0 Å². The normalized spacial score (nSPS) is 29.3. The Balaban J connectivity index is 1.78. The van der Waals surface area contributed by atoms with Crippen molar-refractivity contribution in [2.75, 3.05) is 26.7 Å². The maximum absolute atomic E-state index is 11.9. The minimum absolute atomic E-state index is 0.00986. The number of likely N-dealkylation sites (N-methyl/N-ethyl adjacent to an activating group) is 1. The molecule has 86 valence electrons. The Morgan fingerprint density at radius 2 is 2.13 bits per heavy atom. The van der Waals surface area contributed by atoms with Crippen LogP contribution in [0.2, 0.25) is 0 Å². The monoisotopic (exact) mass is 211 g/mol. The van der Waals surface area contributed by atoms with E-state index in [2.05, 4.69) is 22.6 Å². The van der Waals surface area contributed by atoms with Gasteiger partial charge in [0.15, 0.2) is 0 Å². The number of nitrogens with one attached hydrogen (secondary N) is 2. The summed E-state index contributed by atoms with van der Waals surface area (Å²) in [6.45, 7) is 2.78. The molecule has 0 bridgehead atoms. The third kappa shape index (κ3) is 2.92. The summed E-state index contributed by atoms with van der Waals surface area (Å²) in [5, 5.41) is 6.41. The molecule has 2 fully saturated rings. The number of carbonyl (C=O) groups is 1. The maximum Gasteiger partial charge on any atom is 0.238 e. The van der Waals surface area contributed by atoms with Crippen LogP contribution in [0, 0.1) is 0 Å². The van der Waals surface area contributed by atoms with Gasteiger partial charge < -0.3 is 15.5 Å². The number of piperazine rings is 1. The van der Waals surface area contributed by atoms with Gasteiger partial charge in [-0.1, -0.05) is 12.8 Å². The fraction of sp³-hybridized carbons (Fsp3) is 0.909. The Morgan fingerprint density at radius 1 is 1.40 bits per heavy atom. The molecule has 4 heteroatoms. The molecule has 4 nitrogen and oxygen atoms in total. The van der Waals surface area contributed by atoms with Crippen LogP contribution in [0.1, 0.15) is 25.7 Å². The molecule has 0 aromatic heterocycles. The Morgan fingerprint density at radius 3 is 2.80 bits per heavy atom. The molecule has 2 aliphatic rings. The zero-order chi connectivity index (χ0) is 10.7. The van der Waals surface area contributed by atoms with Gasteiger partial charge in [0.05, 0.1) is 6.04 Å². The molecular weight excluding hydrogens is 190 g/mol. The summed E-state index contributed by atoms with van der Waals surface area (Å²) < 4.78 is 0. The van der Waals surface area contributed by atoms with E-state index in [1.807, 2.05) is 0 Å². The molecule has 2 rings (SSSR count). The number of nitrogens with zero attached hydrogens (tertiary/aromatic N) is 1. The van der Waals surface area contributed by atoms with E-state index in [-0.39, 0.29) is 11.9 Å². The SMILES string of the molecule is CN1CCNC(C(=O)NC2CCCC2)C1. The second kappa shape index (κ2) is 4.94. The van der Waals surface area contributed by atoms with Gasteiger partial charge >= 0.3 is 0 Å². The summed E-state index contributed by atoms with van der Waals surface area (Å²) in [5.74, 6) is 0.188. The molecule has 1 saturated heterocycles. The van der Waals surface area contributed by atoms with Gasteiger partial charge in [-0.25, -0.2) is 0 Å². The van der Waals surface area contributed by atoms with Crippen LogP contribution in [0.25, 0.3) is 0 Å². The highest BCUT2D eigenvalue weighted by Gasteiger charge is 2.26. The summed E-state index contributed by atoms with van der Waals surface area (Å²) in [6.07, 6.45) is 4.86. The minimum atomic E-state index is -0.00986. The van der Waals surface area contributed by atoms with Crippen LogP contribution in [0.5, 0.6) is 0 Å². The fourth-order valence-corrected chi connectivity index (χ4v) is 2.44. The zero-order valence-electron chi connectivity index (χ0n) is 9.46. The molecule has 1 aliphatic carbocycles. The van der Waals surface area contributed by atoms with Crippen LogP contribution in [0.3, 0.4) is 0 Å². The smallest absolute Gasteiger partial charge is 0.238 e. The quantitative estimate of drug-likeness (QED) is 0.673. The van der Waals surface area contributed by atoms with E-state index in [0.717, 1.165) is 32.5 Å². The lowest BCUT2D eigenvalue weighted by Gasteiger charge is -2.30. The predicted octanol–water partition coefficient (Wildman–Crippen LogP) is -0.0512. The van der Waals surface area contributed by atoms with Crippen LogP contribution < -0.4 is 10.6 Å². The Labute approximate surface area is 91.4 Å². The minimum Gasteiger partial charge on any atom is -0.352 e. The second-order valence-corrected chi connectivity index (χ2v) is 4.76. The van der Waals surface area contributed by atoms with Crippen molar-refractivity contribution in [1.82, 2.24) is 15.5 Å². The number of rotatable bonds is 2. The van der Waals surface area contributed by atoms with Crippen molar-refractivity contribution in [2.45, 2.75) is 37.8 Å². The molecular formula is C11H21N3O. The maximum atomic E-state index is 11.9. The molecule has 15 heavy (non-hydrogen) atoms. The lowest BCUT2D eigenvalue weighted by atomic mass is 10.1. The van der Waals surface area contributed by atoms with Gasteiger partial charge in [0, 0.05) is 25.7 Å².